The smallest absolute Gasteiger partial charge is 0.252 e. The van der Waals surface area contributed by atoms with Crippen molar-refractivity contribution < 1.29 is 9.59 Å². The molecule has 1 fully saturated rings. The van der Waals surface area contributed by atoms with Gasteiger partial charge < -0.3 is 4.57 Å². The normalized spacial score (nSPS) is 21.5. The van der Waals surface area contributed by atoms with E-state index in [0.29, 0.717) is 5.82 Å². The van der Waals surface area contributed by atoms with Crippen LogP contribution in [-0.4, -0.2) is 38.5 Å². The predicted octanol–water partition coefficient (Wildman–Crippen LogP) is -0.0533. The van der Waals surface area contributed by atoms with E-state index in [2.05, 4.69) is 10.2 Å². The summed E-state index contributed by atoms with van der Waals surface area (Å²) < 4.78 is 1.55. The van der Waals surface area contributed by atoms with Crippen LogP contribution in [-0.2, 0) is 15.5 Å². The maximum atomic E-state index is 11.7. The molecule has 1 aromatic rings. The molecule has 0 aliphatic carbocycles. The molecule has 1 aliphatic rings. The molecule has 1 aromatic heterocycles. The zero-order valence-corrected chi connectivity index (χ0v) is 8.81. The van der Waals surface area contributed by atoms with Gasteiger partial charge in [-0.2, -0.15) is 0 Å². The number of imide groups is 1. The molecule has 2 rings (SSSR count). The molecule has 15 heavy (non-hydrogen) atoms. The van der Waals surface area contributed by atoms with E-state index in [9.17, 15) is 9.59 Å². The second-order valence-electron chi connectivity index (χ2n) is 3.30. The highest BCUT2D eigenvalue weighted by atomic mass is 35.5. The van der Waals surface area contributed by atoms with Gasteiger partial charge in [0.1, 0.15) is 18.2 Å². The fraction of sp³-hybridized carbons (Fsp3) is 0.500. The van der Waals surface area contributed by atoms with Crippen LogP contribution in [0.4, 0.5) is 0 Å². The number of likely N-dealkylation sites (tertiary alicyclic amines) is 1. The molecule has 80 valence electrons. The average molecular weight is 229 g/mol. The highest BCUT2D eigenvalue weighted by molar-refractivity contribution is 6.16. The van der Waals surface area contributed by atoms with Gasteiger partial charge in [0, 0.05) is 7.05 Å². The van der Waals surface area contributed by atoms with Gasteiger partial charge in [0.25, 0.3) is 5.91 Å². The summed E-state index contributed by atoms with van der Waals surface area (Å²) in [4.78, 5) is 24.1. The Morgan fingerprint density at radius 2 is 2.33 bits per heavy atom. The Morgan fingerprint density at radius 3 is 2.87 bits per heavy atom. The fourth-order valence-corrected chi connectivity index (χ4v) is 1.77. The van der Waals surface area contributed by atoms with Crippen LogP contribution in [0, 0.1) is 0 Å². The molecule has 0 spiro atoms. The van der Waals surface area contributed by atoms with Crippen molar-refractivity contribution in [2.75, 3.05) is 7.05 Å². The Morgan fingerprint density at radius 1 is 1.60 bits per heavy atom. The molecule has 0 aromatic carbocycles. The van der Waals surface area contributed by atoms with E-state index in [1.807, 2.05) is 0 Å². The number of aromatic nitrogens is 3. The number of nitrogens with zero attached hydrogens (tertiary/aromatic N) is 4. The van der Waals surface area contributed by atoms with Crippen molar-refractivity contribution in [3.8, 4) is 0 Å². The third-order valence-electron chi connectivity index (χ3n) is 2.46. The Bertz CT molecular complexity index is 417. The van der Waals surface area contributed by atoms with Crippen LogP contribution in [0.2, 0.25) is 0 Å². The fourth-order valence-electron chi connectivity index (χ4n) is 1.58. The molecule has 0 bridgehead atoms. The van der Waals surface area contributed by atoms with E-state index < -0.39 is 6.04 Å². The monoisotopic (exact) mass is 228 g/mol. The van der Waals surface area contributed by atoms with Crippen LogP contribution in [0.1, 0.15) is 18.3 Å². The molecule has 2 heterocycles. The van der Waals surface area contributed by atoms with E-state index in [0.717, 1.165) is 4.90 Å². The number of carbonyl (C=O) groups excluding carboxylic acids is 2. The van der Waals surface area contributed by atoms with Gasteiger partial charge in [-0.3, -0.25) is 14.5 Å². The summed E-state index contributed by atoms with van der Waals surface area (Å²) in [6.45, 7) is 0. The van der Waals surface area contributed by atoms with Crippen molar-refractivity contribution in [3.63, 3.8) is 0 Å². The van der Waals surface area contributed by atoms with Gasteiger partial charge in [0.15, 0.2) is 0 Å². The van der Waals surface area contributed by atoms with Gasteiger partial charge in [-0.15, -0.1) is 21.8 Å². The van der Waals surface area contributed by atoms with Crippen molar-refractivity contribution >= 4 is 23.4 Å². The van der Waals surface area contributed by atoms with E-state index in [1.54, 1.807) is 4.57 Å². The Balaban J connectivity index is 2.33. The molecule has 1 aliphatic heterocycles. The molecule has 7 heteroatoms. The zero-order valence-electron chi connectivity index (χ0n) is 8.05. The number of hydrogen-bond donors (Lipinski definition) is 0. The second kappa shape index (κ2) is 3.62. The average Bonchev–Trinajstić information content (AvgIpc) is 2.78. The van der Waals surface area contributed by atoms with Crippen molar-refractivity contribution in [2.24, 2.45) is 0 Å². The van der Waals surface area contributed by atoms with Gasteiger partial charge in [-0.05, 0) is 0 Å². The first-order valence-corrected chi connectivity index (χ1v) is 4.93. The van der Waals surface area contributed by atoms with Crippen LogP contribution in [0.15, 0.2) is 6.33 Å². The Kier molecular flexibility index (Phi) is 2.44. The van der Waals surface area contributed by atoms with E-state index in [-0.39, 0.29) is 24.1 Å². The molecular formula is C8H9ClN4O2. The van der Waals surface area contributed by atoms with Gasteiger partial charge in [0.2, 0.25) is 5.91 Å². The first kappa shape index (κ1) is 10.1. The Labute approximate surface area is 90.8 Å². The van der Waals surface area contributed by atoms with Gasteiger partial charge in [-0.25, -0.2) is 0 Å². The van der Waals surface area contributed by atoms with E-state index >= 15 is 0 Å². The summed E-state index contributed by atoms with van der Waals surface area (Å²) in [5.41, 5.74) is 0. The molecule has 1 saturated heterocycles. The first-order valence-electron chi connectivity index (χ1n) is 4.40. The largest absolute Gasteiger partial charge is 0.303 e. The summed E-state index contributed by atoms with van der Waals surface area (Å²) in [5.74, 6) is 0.227. The highest BCUT2D eigenvalue weighted by Crippen LogP contribution is 2.24. The summed E-state index contributed by atoms with van der Waals surface area (Å²) in [6.07, 6.45) is 1.57. The minimum atomic E-state index is -0.536. The van der Waals surface area contributed by atoms with Crippen molar-refractivity contribution in [1.29, 1.82) is 0 Å². The van der Waals surface area contributed by atoms with E-state index in [1.165, 1.54) is 13.4 Å². The Hall–Kier alpha value is -1.43. The number of hydrogen-bond acceptors (Lipinski definition) is 4. The standard InChI is InChI=1S/C8H9ClN4O2/c1-12-7(14)2-5(8(12)15)13-4-10-11-6(13)3-9/h4-5H,2-3H2,1H3. The summed E-state index contributed by atoms with van der Waals surface area (Å²) in [5, 5.41) is 7.43. The molecule has 0 radical (unpaired) electrons. The number of carbonyl (C=O) groups is 2. The maximum Gasteiger partial charge on any atom is 0.252 e. The number of likely N-dealkylation sites (N-methyl/N-ethyl adjacent to an activating group) is 1. The lowest BCUT2D eigenvalue weighted by molar-refractivity contribution is -0.137. The third-order valence-corrected chi connectivity index (χ3v) is 2.70. The lowest BCUT2D eigenvalue weighted by Crippen LogP contribution is -2.27. The molecule has 1 unspecified atom stereocenters. The van der Waals surface area contributed by atoms with Gasteiger partial charge in [0.05, 0.1) is 12.3 Å². The first-order chi connectivity index (χ1) is 7.15. The molecule has 0 saturated carbocycles. The minimum Gasteiger partial charge on any atom is -0.303 e. The topological polar surface area (TPSA) is 68.1 Å². The van der Waals surface area contributed by atoms with Gasteiger partial charge in [-0.1, -0.05) is 0 Å². The maximum absolute atomic E-state index is 11.7. The van der Waals surface area contributed by atoms with Crippen molar-refractivity contribution in [1.82, 2.24) is 19.7 Å². The molecule has 1 atom stereocenters. The zero-order chi connectivity index (χ0) is 11.0. The van der Waals surface area contributed by atoms with Crippen molar-refractivity contribution in [3.05, 3.63) is 12.2 Å². The highest BCUT2D eigenvalue weighted by Gasteiger charge is 2.38. The van der Waals surface area contributed by atoms with Crippen LogP contribution < -0.4 is 0 Å². The second-order valence-corrected chi connectivity index (χ2v) is 3.57. The summed E-state index contributed by atoms with van der Waals surface area (Å²) in [6, 6.07) is -0.536. The summed E-state index contributed by atoms with van der Waals surface area (Å²) in [7, 11) is 1.47. The van der Waals surface area contributed by atoms with Crippen LogP contribution in [0.25, 0.3) is 0 Å². The van der Waals surface area contributed by atoms with Crippen LogP contribution in [0.5, 0.6) is 0 Å². The number of alkyl halides is 1. The number of amides is 2. The number of rotatable bonds is 2. The molecular weight excluding hydrogens is 220 g/mol. The molecule has 2 amide bonds. The van der Waals surface area contributed by atoms with E-state index in [4.69, 9.17) is 11.6 Å². The lowest BCUT2D eigenvalue weighted by Gasteiger charge is -2.10. The third kappa shape index (κ3) is 1.50. The van der Waals surface area contributed by atoms with Crippen LogP contribution in [0.3, 0.4) is 0 Å². The quantitative estimate of drug-likeness (QED) is 0.526. The van der Waals surface area contributed by atoms with Crippen LogP contribution >= 0.6 is 11.6 Å². The predicted molar refractivity (Wildman–Crippen MR) is 51.0 cm³/mol. The SMILES string of the molecule is CN1C(=O)CC(n2cnnc2CCl)C1=O. The van der Waals surface area contributed by atoms with Gasteiger partial charge >= 0.3 is 0 Å². The lowest BCUT2D eigenvalue weighted by atomic mass is 10.2. The molecule has 0 N–H and O–H groups in total. The number of halogens is 1. The van der Waals surface area contributed by atoms with Crippen molar-refractivity contribution in [2.45, 2.75) is 18.3 Å². The minimum absolute atomic E-state index is 0.150. The molecule has 6 nitrogen and oxygen atoms in total. The summed E-state index contributed by atoms with van der Waals surface area (Å²) >= 11 is 5.64.